The number of rotatable bonds is 5. The van der Waals surface area contributed by atoms with Crippen molar-refractivity contribution in [3.63, 3.8) is 0 Å². The number of amides is 1. The molecule has 20 heavy (non-hydrogen) atoms. The number of aliphatic carboxylic acids is 1. The van der Waals surface area contributed by atoms with Crippen molar-refractivity contribution >= 4 is 11.9 Å². The zero-order valence-corrected chi connectivity index (χ0v) is 13.1. The molecule has 1 fully saturated rings. The highest BCUT2D eigenvalue weighted by atomic mass is 16.4. The second kappa shape index (κ2) is 7.07. The van der Waals surface area contributed by atoms with Crippen LogP contribution in [0.2, 0.25) is 0 Å². The Kier molecular flexibility index (Phi) is 5.99. The summed E-state index contributed by atoms with van der Waals surface area (Å²) in [6, 6.07) is 0. The lowest BCUT2D eigenvalue weighted by Gasteiger charge is -2.36. The molecule has 1 rings (SSSR count). The van der Waals surface area contributed by atoms with Gasteiger partial charge in [-0.3, -0.25) is 9.59 Å². The Hall–Kier alpha value is -1.10. The molecule has 1 amide bonds. The number of hydrogen-bond donors (Lipinski definition) is 2. The largest absolute Gasteiger partial charge is 0.480 e. The normalized spacial score (nSPS) is 21.3. The van der Waals surface area contributed by atoms with E-state index >= 15 is 0 Å². The zero-order valence-electron chi connectivity index (χ0n) is 13.1. The van der Waals surface area contributed by atoms with Gasteiger partial charge in [0.05, 0.1) is 0 Å². The van der Waals surface area contributed by atoms with Crippen molar-refractivity contribution in [2.24, 2.45) is 11.8 Å². The molecule has 0 saturated carbocycles. The summed E-state index contributed by atoms with van der Waals surface area (Å²) in [6.45, 7) is 9.52. The van der Waals surface area contributed by atoms with Crippen LogP contribution < -0.4 is 5.32 Å². The summed E-state index contributed by atoms with van der Waals surface area (Å²) >= 11 is 0. The maximum atomic E-state index is 12.4. The summed E-state index contributed by atoms with van der Waals surface area (Å²) in [6.07, 6.45) is 2.73. The minimum atomic E-state index is -0.958. The number of piperidine rings is 1. The Labute approximate surface area is 121 Å². The van der Waals surface area contributed by atoms with E-state index in [1.54, 1.807) is 0 Å². The highest BCUT2D eigenvalue weighted by Crippen LogP contribution is 2.25. The van der Waals surface area contributed by atoms with Crippen molar-refractivity contribution in [2.45, 2.75) is 52.5 Å². The van der Waals surface area contributed by atoms with Gasteiger partial charge in [0, 0.05) is 12.0 Å². The van der Waals surface area contributed by atoms with Crippen LogP contribution in [0.3, 0.4) is 0 Å². The van der Waals surface area contributed by atoms with Crippen molar-refractivity contribution in [2.75, 3.05) is 19.6 Å². The van der Waals surface area contributed by atoms with Crippen molar-refractivity contribution in [3.05, 3.63) is 0 Å². The summed E-state index contributed by atoms with van der Waals surface area (Å²) < 4.78 is 0. The molecule has 0 aromatic heterocycles. The molecule has 2 N–H and O–H groups in total. The molecule has 0 bridgehead atoms. The van der Waals surface area contributed by atoms with Gasteiger partial charge in [-0.15, -0.1) is 0 Å². The van der Waals surface area contributed by atoms with E-state index in [0.717, 1.165) is 25.9 Å². The Balaban J connectivity index is 2.62. The fourth-order valence-corrected chi connectivity index (χ4v) is 2.75. The predicted molar refractivity (Wildman–Crippen MR) is 78.5 cm³/mol. The Morgan fingerprint density at radius 3 is 2.50 bits per heavy atom. The molecular weight excluding hydrogens is 256 g/mol. The molecular formula is C15H28N2O3. The summed E-state index contributed by atoms with van der Waals surface area (Å²) in [5.74, 6) is -0.216. The van der Waals surface area contributed by atoms with Crippen LogP contribution in [0.4, 0.5) is 0 Å². The van der Waals surface area contributed by atoms with Gasteiger partial charge in [-0.2, -0.15) is 0 Å². The van der Waals surface area contributed by atoms with Crippen LogP contribution in [0, 0.1) is 11.8 Å². The monoisotopic (exact) mass is 284 g/mol. The SMILES string of the molecule is CC(CC(=O)N(CC(=O)O)C(C)(C)C)C1CCCNC1. The molecule has 2 atom stereocenters. The number of nitrogens with zero attached hydrogens (tertiary/aromatic N) is 1. The molecule has 0 radical (unpaired) electrons. The third-order valence-electron chi connectivity index (χ3n) is 4.04. The lowest BCUT2D eigenvalue weighted by molar-refractivity contribution is -0.149. The van der Waals surface area contributed by atoms with Gasteiger partial charge in [-0.1, -0.05) is 6.92 Å². The lowest BCUT2D eigenvalue weighted by atomic mass is 9.85. The number of carbonyl (C=O) groups excluding carboxylic acids is 1. The predicted octanol–water partition coefficient (Wildman–Crippen LogP) is 1.72. The first-order chi connectivity index (χ1) is 9.21. The Morgan fingerprint density at radius 2 is 2.05 bits per heavy atom. The molecule has 1 aliphatic rings. The van der Waals surface area contributed by atoms with E-state index < -0.39 is 11.5 Å². The van der Waals surface area contributed by atoms with Gasteiger partial charge in [0.25, 0.3) is 0 Å². The average molecular weight is 284 g/mol. The van der Waals surface area contributed by atoms with Crippen molar-refractivity contribution in [1.82, 2.24) is 10.2 Å². The first-order valence-electron chi connectivity index (χ1n) is 7.44. The molecule has 0 spiro atoms. The summed E-state index contributed by atoms with van der Waals surface area (Å²) in [5.41, 5.74) is -0.458. The molecule has 1 aliphatic heterocycles. The number of carboxylic acids is 1. The van der Waals surface area contributed by atoms with E-state index in [4.69, 9.17) is 5.11 Å². The van der Waals surface area contributed by atoms with Gasteiger partial charge < -0.3 is 15.3 Å². The number of nitrogens with one attached hydrogen (secondary N) is 1. The van der Waals surface area contributed by atoms with Crippen molar-refractivity contribution in [1.29, 1.82) is 0 Å². The molecule has 0 aliphatic carbocycles. The first-order valence-corrected chi connectivity index (χ1v) is 7.44. The van der Waals surface area contributed by atoms with Gasteiger partial charge in [-0.05, 0) is 58.5 Å². The molecule has 5 nitrogen and oxygen atoms in total. The Morgan fingerprint density at radius 1 is 1.40 bits per heavy atom. The highest BCUT2D eigenvalue weighted by Gasteiger charge is 2.31. The number of hydrogen-bond acceptors (Lipinski definition) is 3. The summed E-state index contributed by atoms with van der Waals surface area (Å²) in [7, 11) is 0. The maximum Gasteiger partial charge on any atom is 0.323 e. The molecule has 0 aromatic carbocycles. The van der Waals surface area contributed by atoms with Crippen LogP contribution in [0.5, 0.6) is 0 Å². The van der Waals surface area contributed by atoms with Crippen LogP contribution in [-0.2, 0) is 9.59 Å². The van der Waals surface area contributed by atoms with E-state index in [1.807, 2.05) is 20.8 Å². The van der Waals surface area contributed by atoms with Crippen molar-refractivity contribution in [3.8, 4) is 0 Å². The molecule has 5 heteroatoms. The van der Waals surface area contributed by atoms with Gasteiger partial charge in [0.2, 0.25) is 5.91 Å². The first kappa shape index (κ1) is 17.0. The second-order valence-corrected chi connectivity index (χ2v) is 6.83. The van der Waals surface area contributed by atoms with Gasteiger partial charge in [0.15, 0.2) is 0 Å². The Bertz CT molecular complexity index is 344. The van der Waals surface area contributed by atoms with Crippen LogP contribution in [0.1, 0.15) is 47.0 Å². The molecule has 1 saturated heterocycles. The zero-order chi connectivity index (χ0) is 15.3. The fraction of sp³-hybridized carbons (Fsp3) is 0.867. The van der Waals surface area contributed by atoms with E-state index in [2.05, 4.69) is 12.2 Å². The smallest absolute Gasteiger partial charge is 0.323 e. The topological polar surface area (TPSA) is 69.6 Å². The van der Waals surface area contributed by atoms with Crippen LogP contribution in [0.15, 0.2) is 0 Å². The molecule has 1 heterocycles. The van der Waals surface area contributed by atoms with Gasteiger partial charge >= 0.3 is 5.97 Å². The molecule has 2 unspecified atom stereocenters. The summed E-state index contributed by atoms with van der Waals surface area (Å²) in [4.78, 5) is 24.8. The summed E-state index contributed by atoms with van der Waals surface area (Å²) in [5, 5.41) is 12.3. The van der Waals surface area contributed by atoms with Crippen LogP contribution in [-0.4, -0.2) is 47.1 Å². The standard InChI is InChI=1S/C15H28N2O3/c1-11(12-6-5-7-16-9-12)8-13(18)17(10-14(19)20)15(2,3)4/h11-12,16H,5-10H2,1-4H3,(H,19,20). The second-order valence-electron chi connectivity index (χ2n) is 6.83. The third kappa shape index (κ3) is 5.12. The molecule has 116 valence electrons. The lowest BCUT2D eigenvalue weighted by Crippen LogP contribution is -2.49. The average Bonchev–Trinajstić information content (AvgIpc) is 2.35. The van der Waals surface area contributed by atoms with E-state index in [1.165, 1.54) is 4.90 Å². The van der Waals surface area contributed by atoms with E-state index in [-0.39, 0.29) is 18.4 Å². The number of carboxylic acid groups (broad SMARTS) is 1. The molecule has 0 aromatic rings. The van der Waals surface area contributed by atoms with E-state index in [9.17, 15) is 9.59 Å². The minimum Gasteiger partial charge on any atom is -0.480 e. The minimum absolute atomic E-state index is 0.0574. The highest BCUT2D eigenvalue weighted by molar-refractivity contribution is 5.82. The number of carbonyl (C=O) groups is 2. The van der Waals surface area contributed by atoms with Gasteiger partial charge in [0.1, 0.15) is 6.54 Å². The maximum absolute atomic E-state index is 12.4. The third-order valence-corrected chi connectivity index (χ3v) is 4.04. The van der Waals surface area contributed by atoms with E-state index in [0.29, 0.717) is 12.3 Å². The quantitative estimate of drug-likeness (QED) is 0.806. The fourth-order valence-electron chi connectivity index (χ4n) is 2.75. The van der Waals surface area contributed by atoms with Gasteiger partial charge in [-0.25, -0.2) is 0 Å². The van der Waals surface area contributed by atoms with Crippen molar-refractivity contribution < 1.29 is 14.7 Å². The van der Waals surface area contributed by atoms with Crippen LogP contribution >= 0.6 is 0 Å². The van der Waals surface area contributed by atoms with Crippen LogP contribution in [0.25, 0.3) is 0 Å².